The predicted molar refractivity (Wildman–Crippen MR) is 118 cm³/mol. The molecule has 1 N–H and O–H groups in total. The zero-order valence-corrected chi connectivity index (χ0v) is 17.7. The van der Waals surface area contributed by atoms with E-state index in [0.717, 1.165) is 24.8 Å². The molecule has 4 rings (SSSR count). The second kappa shape index (κ2) is 8.07. The van der Waals surface area contributed by atoms with Gasteiger partial charge in [0, 0.05) is 17.2 Å². The molecule has 1 fully saturated rings. The Labute approximate surface area is 178 Å². The molecule has 1 saturated carbocycles. The molecule has 0 aromatic heterocycles. The predicted octanol–water partition coefficient (Wildman–Crippen LogP) is 5.20. The van der Waals surface area contributed by atoms with E-state index in [1.54, 1.807) is 18.2 Å². The summed E-state index contributed by atoms with van der Waals surface area (Å²) in [4.78, 5) is 0.273. The Morgan fingerprint density at radius 2 is 1.60 bits per heavy atom. The summed E-state index contributed by atoms with van der Waals surface area (Å²) in [5.41, 5.74) is 2.57. The average Bonchev–Trinajstić information content (AvgIpc) is 3.53. The largest absolute Gasteiger partial charge is 0.469 e. The molecule has 0 bridgehead atoms. The molecule has 0 radical (unpaired) electrons. The number of rotatable bonds is 7. The fourth-order valence-electron chi connectivity index (χ4n) is 3.92. The van der Waals surface area contributed by atoms with Crippen molar-refractivity contribution in [3.05, 3.63) is 102 Å². The smallest absolute Gasteiger partial charge is 0.213 e. The first-order chi connectivity index (χ1) is 14.4. The van der Waals surface area contributed by atoms with E-state index in [0.29, 0.717) is 5.56 Å². The van der Waals surface area contributed by atoms with Crippen molar-refractivity contribution in [1.29, 1.82) is 5.41 Å². The number of benzene rings is 3. The van der Waals surface area contributed by atoms with Crippen molar-refractivity contribution in [1.82, 2.24) is 0 Å². The molecule has 5 heteroatoms. The molecule has 3 aromatic carbocycles. The van der Waals surface area contributed by atoms with Crippen LogP contribution in [0.1, 0.15) is 35.6 Å². The van der Waals surface area contributed by atoms with E-state index >= 15 is 0 Å². The summed E-state index contributed by atoms with van der Waals surface area (Å²) in [6, 6.07) is 26.6. The normalized spacial score (nSPS) is 15.9. The minimum atomic E-state index is -3.33. The molecule has 0 saturated heterocycles. The van der Waals surface area contributed by atoms with E-state index < -0.39 is 15.9 Å². The molecule has 1 aliphatic rings. The van der Waals surface area contributed by atoms with E-state index in [-0.39, 0.29) is 16.2 Å². The lowest BCUT2D eigenvalue weighted by Crippen LogP contribution is -2.23. The summed E-state index contributed by atoms with van der Waals surface area (Å²) in [6.07, 6.45) is 3.58. The average molecular weight is 420 g/mol. The van der Waals surface area contributed by atoms with Crippen LogP contribution in [0.3, 0.4) is 0 Å². The lowest BCUT2D eigenvalue weighted by Gasteiger charge is -2.29. The molecule has 0 heterocycles. The van der Waals surface area contributed by atoms with Crippen molar-refractivity contribution in [2.24, 2.45) is 5.41 Å². The number of nitrogens with one attached hydrogen (secondary N) is 1. The molecule has 4 nitrogen and oxygen atoms in total. The van der Waals surface area contributed by atoms with Gasteiger partial charge in [-0.05, 0) is 54.7 Å². The van der Waals surface area contributed by atoms with Crippen molar-refractivity contribution in [2.45, 2.75) is 30.3 Å². The van der Waals surface area contributed by atoms with Crippen molar-refractivity contribution >= 4 is 15.7 Å². The third-order valence-electron chi connectivity index (χ3n) is 5.71. The number of hydrogen-bond donors (Lipinski definition) is 1. The number of ether oxygens (including phenoxy) is 1. The van der Waals surface area contributed by atoms with Gasteiger partial charge in [-0.3, -0.25) is 5.41 Å². The molecule has 3 aromatic rings. The second-order valence-electron chi connectivity index (χ2n) is 8.06. The molecule has 1 atom stereocenters. The van der Waals surface area contributed by atoms with Crippen LogP contribution in [0.5, 0.6) is 0 Å². The summed E-state index contributed by atoms with van der Waals surface area (Å²) in [6.45, 7) is 0. The van der Waals surface area contributed by atoms with Gasteiger partial charge < -0.3 is 4.74 Å². The van der Waals surface area contributed by atoms with Gasteiger partial charge >= 0.3 is 0 Å². The quantitative estimate of drug-likeness (QED) is 0.423. The van der Waals surface area contributed by atoms with Crippen LogP contribution in [0.2, 0.25) is 0 Å². The highest BCUT2D eigenvalue weighted by Gasteiger charge is 2.51. The lowest BCUT2D eigenvalue weighted by molar-refractivity contribution is 0.105. The maximum absolute atomic E-state index is 12.1. The lowest BCUT2D eigenvalue weighted by atomic mass is 9.86. The minimum absolute atomic E-state index is 0.102. The minimum Gasteiger partial charge on any atom is -0.469 e. The molecule has 154 valence electrons. The van der Waals surface area contributed by atoms with Crippen LogP contribution >= 0.6 is 0 Å². The van der Waals surface area contributed by atoms with Crippen molar-refractivity contribution in [3.8, 4) is 0 Å². The van der Waals surface area contributed by atoms with Crippen molar-refractivity contribution in [2.75, 3.05) is 6.26 Å². The standard InChI is InChI=1S/C25H25NO3S/c1-30(27,28)22-14-8-13-21(17-22)23(29-24(26)20-11-6-3-7-12-20)25(15-16-25)18-19-9-4-2-5-10-19/h2-14,17,23,26H,15-16,18H2,1H3/t23-/m0/s1. The van der Waals surface area contributed by atoms with Crippen molar-refractivity contribution in [3.63, 3.8) is 0 Å². The third kappa shape index (κ3) is 4.46. The Hall–Kier alpha value is -2.92. The highest BCUT2D eigenvalue weighted by atomic mass is 32.2. The summed E-state index contributed by atoms with van der Waals surface area (Å²) >= 11 is 0. The molecule has 1 aliphatic carbocycles. The first-order valence-electron chi connectivity index (χ1n) is 10.0. The van der Waals surface area contributed by atoms with Crippen LogP contribution in [0.4, 0.5) is 0 Å². The van der Waals surface area contributed by atoms with Gasteiger partial charge in [0.05, 0.1) is 4.90 Å². The maximum atomic E-state index is 12.1. The molecule has 0 aliphatic heterocycles. The van der Waals surface area contributed by atoms with Crippen LogP contribution in [0.25, 0.3) is 0 Å². The monoisotopic (exact) mass is 419 g/mol. The van der Waals surface area contributed by atoms with E-state index in [9.17, 15) is 8.42 Å². The van der Waals surface area contributed by atoms with Gasteiger partial charge in [-0.25, -0.2) is 8.42 Å². The molecular weight excluding hydrogens is 394 g/mol. The zero-order chi connectivity index (χ0) is 21.2. The Bertz CT molecular complexity index is 1140. The number of hydrogen-bond acceptors (Lipinski definition) is 4. The fraction of sp³-hybridized carbons (Fsp3) is 0.240. The van der Waals surface area contributed by atoms with Gasteiger partial charge in [0.15, 0.2) is 9.84 Å². The SMILES string of the molecule is CS(=O)(=O)c1cccc([C@H](OC(=N)c2ccccc2)C2(Cc3ccccc3)CC2)c1. The van der Waals surface area contributed by atoms with Crippen LogP contribution in [0.15, 0.2) is 89.8 Å². The van der Waals surface area contributed by atoms with E-state index in [4.69, 9.17) is 10.1 Å². The van der Waals surface area contributed by atoms with Gasteiger partial charge in [0.2, 0.25) is 5.90 Å². The molecular formula is C25H25NO3S. The van der Waals surface area contributed by atoms with E-state index in [1.165, 1.54) is 11.8 Å². The topological polar surface area (TPSA) is 67.2 Å². The summed E-state index contributed by atoms with van der Waals surface area (Å²) in [5, 5.41) is 8.53. The van der Waals surface area contributed by atoms with Gasteiger partial charge in [-0.15, -0.1) is 0 Å². The summed E-state index contributed by atoms with van der Waals surface area (Å²) in [5.74, 6) is 0.102. The summed E-state index contributed by atoms with van der Waals surface area (Å²) in [7, 11) is -3.33. The van der Waals surface area contributed by atoms with E-state index in [2.05, 4.69) is 12.1 Å². The van der Waals surface area contributed by atoms with Gasteiger partial charge in [0.25, 0.3) is 0 Å². The van der Waals surface area contributed by atoms with Gasteiger partial charge in [-0.1, -0.05) is 60.7 Å². The van der Waals surface area contributed by atoms with Crippen LogP contribution in [-0.4, -0.2) is 20.6 Å². The highest BCUT2D eigenvalue weighted by molar-refractivity contribution is 7.90. The molecule has 0 spiro atoms. The zero-order valence-electron chi connectivity index (χ0n) is 16.9. The number of sulfone groups is 1. The fourth-order valence-corrected chi connectivity index (χ4v) is 4.60. The van der Waals surface area contributed by atoms with E-state index in [1.807, 2.05) is 54.6 Å². The van der Waals surface area contributed by atoms with Crippen LogP contribution in [-0.2, 0) is 21.0 Å². The molecule has 0 amide bonds. The summed E-state index contributed by atoms with van der Waals surface area (Å²) < 4.78 is 30.5. The first kappa shape index (κ1) is 20.4. The Balaban J connectivity index is 1.71. The molecule has 0 unspecified atom stereocenters. The molecule has 30 heavy (non-hydrogen) atoms. The Morgan fingerprint density at radius 3 is 2.20 bits per heavy atom. The highest BCUT2D eigenvalue weighted by Crippen LogP contribution is 2.58. The van der Waals surface area contributed by atoms with Crippen LogP contribution < -0.4 is 0 Å². The Kier molecular flexibility index (Phi) is 5.48. The maximum Gasteiger partial charge on any atom is 0.213 e. The Morgan fingerprint density at radius 1 is 0.967 bits per heavy atom. The van der Waals surface area contributed by atoms with Gasteiger partial charge in [0.1, 0.15) is 6.10 Å². The van der Waals surface area contributed by atoms with Gasteiger partial charge in [-0.2, -0.15) is 0 Å². The first-order valence-corrected chi connectivity index (χ1v) is 11.9. The van der Waals surface area contributed by atoms with Crippen molar-refractivity contribution < 1.29 is 13.2 Å². The van der Waals surface area contributed by atoms with Crippen LogP contribution in [0, 0.1) is 10.8 Å². The second-order valence-corrected chi connectivity index (χ2v) is 10.1. The third-order valence-corrected chi connectivity index (χ3v) is 6.82.